The fourth-order valence-electron chi connectivity index (χ4n) is 2.17. The van der Waals surface area contributed by atoms with Gasteiger partial charge in [-0.15, -0.1) is 6.58 Å². The van der Waals surface area contributed by atoms with Crippen molar-refractivity contribution in [2.75, 3.05) is 26.2 Å². The van der Waals surface area contributed by atoms with E-state index in [1.165, 1.54) is 12.1 Å². The van der Waals surface area contributed by atoms with Crippen LogP contribution in [0.15, 0.2) is 30.9 Å². The molecule has 1 heterocycles. The maximum Gasteiger partial charge on any atom is 0.131 e. The van der Waals surface area contributed by atoms with Crippen LogP contribution in [0, 0.1) is 11.6 Å². The zero-order valence-corrected chi connectivity index (χ0v) is 9.63. The maximum atomic E-state index is 13.7. The number of piperazine rings is 1. The predicted octanol–water partition coefficient (Wildman–Crippen LogP) is 2.10. The number of hydrogen-bond donors (Lipinski definition) is 1. The molecule has 92 valence electrons. The summed E-state index contributed by atoms with van der Waals surface area (Å²) >= 11 is 0. The molecule has 0 unspecified atom stereocenters. The third-order valence-corrected chi connectivity index (χ3v) is 3.05. The molecule has 2 rings (SSSR count). The molecule has 2 nitrogen and oxygen atoms in total. The standard InChI is InChI=1S/C13H16F2N2/c1-2-13(17-7-5-16-6-8-17)11-4-3-10(14)9-12(11)15/h2-4,9,13,16H,1,5-8H2/t13-/m0/s1. The summed E-state index contributed by atoms with van der Waals surface area (Å²) < 4.78 is 26.6. The van der Waals surface area contributed by atoms with Gasteiger partial charge in [-0.2, -0.15) is 0 Å². The van der Waals surface area contributed by atoms with Gasteiger partial charge in [0.25, 0.3) is 0 Å². The van der Waals surface area contributed by atoms with Gasteiger partial charge >= 0.3 is 0 Å². The summed E-state index contributed by atoms with van der Waals surface area (Å²) in [6.07, 6.45) is 1.71. The second-order valence-electron chi connectivity index (χ2n) is 4.13. The third kappa shape index (κ3) is 2.70. The first-order chi connectivity index (χ1) is 8.22. The molecule has 0 radical (unpaired) electrons. The fourth-order valence-corrected chi connectivity index (χ4v) is 2.17. The van der Waals surface area contributed by atoms with Crippen LogP contribution in [-0.4, -0.2) is 31.1 Å². The zero-order chi connectivity index (χ0) is 12.3. The number of nitrogens with one attached hydrogen (secondary N) is 1. The summed E-state index contributed by atoms with van der Waals surface area (Å²) in [5, 5.41) is 3.24. The van der Waals surface area contributed by atoms with Crippen molar-refractivity contribution < 1.29 is 8.78 Å². The van der Waals surface area contributed by atoms with Gasteiger partial charge in [-0.05, 0) is 6.07 Å². The molecule has 0 aliphatic carbocycles. The Morgan fingerprint density at radius 1 is 1.29 bits per heavy atom. The second-order valence-corrected chi connectivity index (χ2v) is 4.13. The molecule has 0 amide bonds. The minimum atomic E-state index is -0.547. The van der Waals surface area contributed by atoms with Gasteiger partial charge in [0.1, 0.15) is 11.6 Å². The van der Waals surface area contributed by atoms with Gasteiger partial charge in [0.15, 0.2) is 0 Å². The van der Waals surface area contributed by atoms with E-state index in [1.54, 1.807) is 6.08 Å². The molecule has 4 heteroatoms. The number of hydrogen-bond acceptors (Lipinski definition) is 2. The Kier molecular flexibility index (Phi) is 3.86. The first-order valence-electron chi connectivity index (χ1n) is 5.74. The van der Waals surface area contributed by atoms with E-state index in [1.807, 2.05) is 0 Å². The molecule has 1 N–H and O–H groups in total. The molecule has 0 aromatic heterocycles. The van der Waals surface area contributed by atoms with Crippen molar-refractivity contribution in [1.82, 2.24) is 10.2 Å². The molecule has 1 atom stereocenters. The molecular formula is C13H16F2N2. The Bertz CT molecular complexity index is 400. The van der Waals surface area contributed by atoms with Gasteiger partial charge in [-0.1, -0.05) is 12.1 Å². The van der Waals surface area contributed by atoms with Crippen molar-refractivity contribution in [3.63, 3.8) is 0 Å². The number of halogens is 2. The van der Waals surface area contributed by atoms with E-state index in [2.05, 4.69) is 16.8 Å². The summed E-state index contributed by atoms with van der Waals surface area (Å²) in [6.45, 7) is 7.20. The van der Waals surface area contributed by atoms with Crippen molar-refractivity contribution in [2.24, 2.45) is 0 Å². The Morgan fingerprint density at radius 2 is 2.00 bits per heavy atom. The van der Waals surface area contributed by atoms with Crippen LogP contribution >= 0.6 is 0 Å². The number of benzene rings is 1. The van der Waals surface area contributed by atoms with Crippen molar-refractivity contribution in [3.05, 3.63) is 48.1 Å². The van der Waals surface area contributed by atoms with Crippen LogP contribution in [0.3, 0.4) is 0 Å². The normalized spacial score (nSPS) is 18.9. The maximum absolute atomic E-state index is 13.7. The van der Waals surface area contributed by atoms with Gasteiger partial charge in [0.2, 0.25) is 0 Å². The van der Waals surface area contributed by atoms with Crippen molar-refractivity contribution >= 4 is 0 Å². The Labute approximate surface area is 99.9 Å². The lowest BCUT2D eigenvalue weighted by molar-refractivity contribution is 0.200. The Balaban J connectivity index is 2.24. The molecule has 0 spiro atoms. The SMILES string of the molecule is C=C[C@@H](c1ccc(F)cc1F)N1CCNCC1. The fraction of sp³-hybridized carbons (Fsp3) is 0.385. The lowest BCUT2D eigenvalue weighted by Crippen LogP contribution is -2.44. The van der Waals surface area contributed by atoms with Crippen molar-refractivity contribution in [3.8, 4) is 0 Å². The number of rotatable bonds is 3. The molecule has 1 aliphatic rings. The van der Waals surface area contributed by atoms with E-state index in [-0.39, 0.29) is 6.04 Å². The minimum absolute atomic E-state index is 0.183. The molecule has 1 aromatic rings. The van der Waals surface area contributed by atoms with E-state index in [0.717, 1.165) is 32.2 Å². The highest BCUT2D eigenvalue weighted by Crippen LogP contribution is 2.25. The smallest absolute Gasteiger partial charge is 0.131 e. The lowest BCUT2D eigenvalue weighted by Gasteiger charge is -2.33. The highest BCUT2D eigenvalue weighted by molar-refractivity contribution is 5.25. The first kappa shape index (κ1) is 12.2. The summed E-state index contributed by atoms with van der Waals surface area (Å²) in [5.41, 5.74) is 0.489. The summed E-state index contributed by atoms with van der Waals surface area (Å²) in [4.78, 5) is 2.14. The van der Waals surface area contributed by atoms with E-state index in [4.69, 9.17) is 0 Å². The van der Waals surface area contributed by atoms with Crippen LogP contribution in [0.4, 0.5) is 8.78 Å². The molecule has 17 heavy (non-hydrogen) atoms. The van der Waals surface area contributed by atoms with Gasteiger partial charge in [-0.3, -0.25) is 4.90 Å². The molecule has 1 aliphatic heterocycles. The van der Waals surface area contributed by atoms with E-state index < -0.39 is 11.6 Å². The van der Waals surface area contributed by atoms with E-state index in [9.17, 15) is 8.78 Å². The first-order valence-corrected chi connectivity index (χ1v) is 5.74. The predicted molar refractivity (Wildman–Crippen MR) is 63.7 cm³/mol. The van der Waals surface area contributed by atoms with Crippen LogP contribution in [0.2, 0.25) is 0 Å². The average Bonchev–Trinajstić information content (AvgIpc) is 2.34. The van der Waals surface area contributed by atoms with Crippen molar-refractivity contribution in [1.29, 1.82) is 0 Å². The molecule has 0 saturated carbocycles. The van der Waals surface area contributed by atoms with Gasteiger partial charge in [0.05, 0.1) is 6.04 Å². The Hall–Kier alpha value is -1.26. The minimum Gasteiger partial charge on any atom is -0.314 e. The van der Waals surface area contributed by atoms with Gasteiger partial charge in [-0.25, -0.2) is 8.78 Å². The Morgan fingerprint density at radius 3 is 2.59 bits per heavy atom. The summed E-state index contributed by atoms with van der Waals surface area (Å²) in [6, 6.07) is 3.53. The second kappa shape index (κ2) is 5.38. The molecule has 0 bridgehead atoms. The highest BCUT2D eigenvalue weighted by atomic mass is 19.1. The van der Waals surface area contributed by atoms with Crippen LogP contribution in [0.5, 0.6) is 0 Å². The molecule has 1 aromatic carbocycles. The van der Waals surface area contributed by atoms with Crippen LogP contribution in [0.25, 0.3) is 0 Å². The largest absolute Gasteiger partial charge is 0.314 e. The van der Waals surface area contributed by atoms with Crippen LogP contribution in [-0.2, 0) is 0 Å². The monoisotopic (exact) mass is 238 g/mol. The average molecular weight is 238 g/mol. The van der Waals surface area contributed by atoms with E-state index >= 15 is 0 Å². The molecule has 1 saturated heterocycles. The third-order valence-electron chi connectivity index (χ3n) is 3.05. The quantitative estimate of drug-likeness (QED) is 0.811. The number of nitrogens with zero attached hydrogens (tertiary/aromatic N) is 1. The summed E-state index contributed by atoms with van der Waals surface area (Å²) in [7, 11) is 0. The van der Waals surface area contributed by atoms with Crippen LogP contribution < -0.4 is 5.32 Å². The molecular weight excluding hydrogens is 222 g/mol. The zero-order valence-electron chi connectivity index (χ0n) is 9.63. The van der Waals surface area contributed by atoms with Crippen molar-refractivity contribution in [2.45, 2.75) is 6.04 Å². The van der Waals surface area contributed by atoms with Gasteiger partial charge in [0, 0.05) is 37.8 Å². The van der Waals surface area contributed by atoms with Crippen LogP contribution in [0.1, 0.15) is 11.6 Å². The summed E-state index contributed by atoms with van der Waals surface area (Å²) in [5.74, 6) is -1.05. The topological polar surface area (TPSA) is 15.3 Å². The molecule has 1 fully saturated rings. The highest BCUT2D eigenvalue weighted by Gasteiger charge is 2.22. The van der Waals surface area contributed by atoms with E-state index in [0.29, 0.717) is 5.56 Å². The lowest BCUT2D eigenvalue weighted by atomic mass is 10.0. The van der Waals surface area contributed by atoms with Gasteiger partial charge < -0.3 is 5.32 Å².